The van der Waals surface area contributed by atoms with Gasteiger partial charge in [-0.3, -0.25) is 10.1 Å². The van der Waals surface area contributed by atoms with Crippen LogP contribution in [-0.2, 0) is 0 Å². The largest absolute Gasteiger partial charge is 0.477 e. The molecule has 1 fully saturated rings. The summed E-state index contributed by atoms with van der Waals surface area (Å²) in [4.78, 5) is 13.9. The first-order valence-corrected chi connectivity index (χ1v) is 5.69. The molecule has 6 nitrogen and oxygen atoms in total. The van der Waals surface area contributed by atoms with Crippen LogP contribution in [0.3, 0.4) is 0 Å². The van der Waals surface area contributed by atoms with Crippen LogP contribution in [0.2, 0.25) is 0 Å². The lowest BCUT2D eigenvalue weighted by Gasteiger charge is -2.22. The summed E-state index contributed by atoms with van der Waals surface area (Å²) in [5, 5.41) is 13.7. The molecule has 0 aliphatic carbocycles. The van der Waals surface area contributed by atoms with Crippen molar-refractivity contribution >= 4 is 18.1 Å². The van der Waals surface area contributed by atoms with E-state index in [-0.39, 0.29) is 18.1 Å². The first-order valence-electron chi connectivity index (χ1n) is 5.69. The van der Waals surface area contributed by atoms with Crippen molar-refractivity contribution in [2.24, 2.45) is 5.92 Å². The van der Waals surface area contributed by atoms with E-state index < -0.39 is 4.92 Å². The smallest absolute Gasteiger partial charge is 0.287 e. The molecule has 18 heavy (non-hydrogen) atoms. The third-order valence-electron chi connectivity index (χ3n) is 2.86. The van der Waals surface area contributed by atoms with Gasteiger partial charge in [-0.15, -0.1) is 12.4 Å². The highest BCUT2D eigenvalue weighted by Crippen LogP contribution is 2.16. The Morgan fingerprint density at radius 3 is 2.72 bits per heavy atom. The minimum atomic E-state index is -0.469. The van der Waals surface area contributed by atoms with Crippen molar-refractivity contribution in [2.75, 3.05) is 19.7 Å². The van der Waals surface area contributed by atoms with Crippen LogP contribution < -0.4 is 10.1 Å². The predicted octanol–water partition coefficient (Wildman–Crippen LogP) is 1.79. The van der Waals surface area contributed by atoms with Crippen LogP contribution in [0, 0.1) is 16.0 Å². The summed E-state index contributed by atoms with van der Waals surface area (Å²) < 4.78 is 5.52. The molecule has 0 aromatic carbocycles. The number of nitrogens with one attached hydrogen (secondary N) is 1. The Labute approximate surface area is 111 Å². The van der Waals surface area contributed by atoms with Gasteiger partial charge >= 0.3 is 0 Å². The van der Waals surface area contributed by atoms with Crippen LogP contribution in [0.5, 0.6) is 5.88 Å². The van der Waals surface area contributed by atoms with E-state index in [1.54, 1.807) is 6.07 Å². The number of hydrogen-bond donors (Lipinski definition) is 1. The van der Waals surface area contributed by atoms with Crippen LogP contribution >= 0.6 is 12.4 Å². The molecule has 0 atom stereocenters. The molecule has 0 radical (unpaired) electrons. The third-order valence-corrected chi connectivity index (χ3v) is 2.86. The maximum atomic E-state index is 10.4. The Balaban J connectivity index is 0.00000162. The van der Waals surface area contributed by atoms with Crippen LogP contribution in [0.4, 0.5) is 5.69 Å². The molecule has 2 heterocycles. The summed E-state index contributed by atoms with van der Waals surface area (Å²) in [5.74, 6) is 1.00. The van der Waals surface area contributed by atoms with Crippen molar-refractivity contribution in [3.8, 4) is 5.88 Å². The topological polar surface area (TPSA) is 77.3 Å². The van der Waals surface area contributed by atoms with Gasteiger partial charge in [-0.1, -0.05) is 0 Å². The Bertz CT molecular complexity index is 380. The molecular weight excluding hydrogens is 258 g/mol. The maximum absolute atomic E-state index is 10.4. The molecule has 1 aliphatic heterocycles. The Morgan fingerprint density at radius 2 is 2.17 bits per heavy atom. The number of nitrogens with zero attached hydrogens (tertiary/aromatic N) is 2. The number of halogens is 1. The average molecular weight is 274 g/mol. The van der Waals surface area contributed by atoms with Crippen molar-refractivity contribution in [1.82, 2.24) is 10.3 Å². The molecule has 0 amide bonds. The number of hydrogen-bond acceptors (Lipinski definition) is 5. The van der Waals surface area contributed by atoms with E-state index in [1.165, 1.54) is 12.3 Å². The summed E-state index contributed by atoms with van der Waals surface area (Å²) in [6.45, 7) is 2.69. The van der Waals surface area contributed by atoms with E-state index in [1.807, 2.05) is 0 Å². The molecular formula is C11H16ClN3O3. The minimum absolute atomic E-state index is 0. The van der Waals surface area contributed by atoms with Crippen molar-refractivity contribution in [3.63, 3.8) is 0 Å². The molecule has 2 rings (SSSR count). The van der Waals surface area contributed by atoms with Gasteiger partial charge in [-0.2, -0.15) is 0 Å². The second kappa shape index (κ2) is 7.13. The highest BCUT2D eigenvalue weighted by molar-refractivity contribution is 5.85. The highest BCUT2D eigenvalue weighted by atomic mass is 35.5. The standard InChI is InChI=1S/C11H15N3O3.ClH/c15-14(16)10-1-2-11(13-7-10)17-8-9-3-5-12-6-4-9;/h1-2,7,9,12H,3-6,8H2;1H. The Kier molecular flexibility index (Phi) is 5.80. The number of rotatable bonds is 4. The molecule has 1 aromatic heterocycles. The first kappa shape index (κ1) is 14.7. The van der Waals surface area contributed by atoms with Gasteiger partial charge in [0.05, 0.1) is 11.5 Å². The van der Waals surface area contributed by atoms with Gasteiger partial charge < -0.3 is 10.1 Å². The summed E-state index contributed by atoms with van der Waals surface area (Å²) >= 11 is 0. The summed E-state index contributed by atoms with van der Waals surface area (Å²) in [6, 6.07) is 2.95. The highest BCUT2D eigenvalue weighted by Gasteiger charge is 2.14. The fourth-order valence-corrected chi connectivity index (χ4v) is 1.82. The Hall–Kier alpha value is -1.40. The quantitative estimate of drug-likeness (QED) is 0.668. The second-order valence-corrected chi connectivity index (χ2v) is 4.12. The monoisotopic (exact) mass is 273 g/mol. The molecule has 0 bridgehead atoms. The Morgan fingerprint density at radius 1 is 1.44 bits per heavy atom. The lowest BCUT2D eigenvalue weighted by molar-refractivity contribution is -0.385. The number of piperidine rings is 1. The van der Waals surface area contributed by atoms with Gasteiger partial charge in [0.1, 0.15) is 6.20 Å². The van der Waals surface area contributed by atoms with Gasteiger partial charge in [0.25, 0.3) is 5.69 Å². The zero-order valence-corrected chi connectivity index (χ0v) is 10.7. The molecule has 1 aromatic rings. The number of aromatic nitrogens is 1. The van der Waals surface area contributed by atoms with Crippen LogP contribution in [0.25, 0.3) is 0 Å². The summed E-state index contributed by atoms with van der Waals surface area (Å²) in [5.41, 5.74) is -0.0146. The predicted molar refractivity (Wildman–Crippen MR) is 69.2 cm³/mol. The lowest BCUT2D eigenvalue weighted by atomic mass is 9.99. The van der Waals surface area contributed by atoms with E-state index >= 15 is 0 Å². The molecule has 1 N–H and O–H groups in total. The molecule has 100 valence electrons. The van der Waals surface area contributed by atoms with Crippen molar-refractivity contribution < 1.29 is 9.66 Å². The van der Waals surface area contributed by atoms with Crippen LogP contribution in [0.15, 0.2) is 18.3 Å². The van der Waals surface area contributed by atoms with Crippen LogP contribution in [0.1, 0.15) is 12.8 Å². The lowest BCUT2D eigenvalue weighted by Crippen LogP contribution is -2.30. The van der Waals surface area contributed by atoms with Crippen molar-refractivity contribution in [3.05, 3.63) is 28.4 Å². The van der Waals surface area contributed by atoms with Gasteiger partial charge in [-0.25, -0.2) is 4.98 Å². The van der Waals surface area contributed by atoms with Gasteiger partial charge in [0, 0.05) is 12.1 Å². The molecule has 1 saturated heterocycles. The molecule has 0 spiro atoms. The zero-order valence-electron chi connectivity index (χ0n) is 9.87. The second-order valence-electron chi connectivity index (χ2n) is 4.12. The van der Waals surface area contributed by atoms with Gasteiger partial charge in [-0.05, 0) is 31.8 Å². The molecule has 1 aliphatic rings. The van der Waals surface area contributed by atoms with Gasteiger partial charge in [0.2, 0.25) is 5.88 Å². The maximum Gasteiger partial charge on any atom is 0.287 e. The number of ether oxygens (including phenoxy) is 1. The number of nitro groups is 1. The summed E-state index contributed by atoms with van der Waals surface area (Å²) in [6.07, 6.45) is 3.43. The van der Waals surface area contributed by atoms with Crippen LogP contribution in [-0.4, -0.2) is 29.6 Å². The number of pyridine rings is 1. The van der Waals surface area contributed by atoms with E-state index in [9.17, 15) is 10.1 Å². The van der Waals surface area contributed by atoms with Gasteiger partial charge in [0.15, 0.2) is 0 Å². The SMILES string of the molecule is Cl.O=[N+]([O-])c1ccc(OCC2CCNCC2)nc1. The van der Waals surface area contributed by atoms with Crippen molar-refractivity contribution in [2.45, 2.75) is 12.8 Å². The first-order chi connectivity index (χ1) is 8.25. The van der Waals surface area contributed by atoms with E-state index in [4.69, 9.17) is 4.74 Å². The van der Waals surface area contributed by atoms with E-state index in [2.05, 4.69) is 10.3 Å². The minimum Gasteiger partial charge on any atom is -0.477 e. The zero-order chi connectivity index (χ0) is 12.1. The molecule has 7 heteroatoms. The normalized spacial score (nSPS) is 15.8. The van der Waals surface area contributed by atoms with Crippen molar-refractivity contribution in [1.29, 1.82) is 0 Å². The average Bonchev–Trinajstić information content (AvgIpc) is 2.38. The fraction of sp³-hybridized carbons (Fsp3) is 0.545. The van der Waals surface area contributed by atoms with E-state index in [0.29, 0.717) is 18.4 Å². The molecule has 0 saturated carbocycles. The fourth-order valence-electron chi connectivity index (χ4n) is 1.82. The molecule has 0 unspecified atom stereocenters. The van der Waals surface area contributed by atoms with E-state index in [0.717, 1.165) is 25.9 Å². The summed E-state index contributed by atoms with van der Waals surface area (Å²) in [7, 11) is 0. The third kappa shape index (κ3) is 4.12.